The summed E-state index contributed by atoms with van der Waals surface area (Å²) in [5.41, 5.74) is 4.66. The molecule has 1 heterocycles. The molecule has 0 unspecified atom stereocenters. The van der Waals surface area contributed by atoms with Gasteiger partial charge in [0.15, 0.2) is 5.11 Å². The molecule has 0 atom stereocenters. The van der Waals surface area contributed by atoms with Gasteiger partial charge in [0.1, 0.15) is 0 Å². The van der Waals surface area contributed by atoms with E-state index in [0.29, 0.717) is 5.11 Å². The van der Waals surface area contributed by atoms with E-state index in [-0.39, 0.29) is 0 Å². The van der Waals surface area contributed by atoms with Gasteiger partial charge in [-0.15, -0.1) is 0 Å². The van der Waals surface area contributed by atoms with Crippen molar-refractivity contribution >= 4 is 23.0 Å². The van der Waals surface area contributed by atoms with Crippen molar-refractivity contribution in [2.75, 3.05) is 11.9 Å². The van der Waals surface area contributed by atoms with Gasteiger partial charge in [-0.2, -0.15) is 0 Å². The molecular weight excluding hydrogens is 278 g/mol. The van der Waals surface area contributed by atoms with Crippen LogP contribution in [0.3, 0.4) is 0 Å². The van der Waals surface area contributed by atoms with Crippen LogP contribution in [0.1, 0.15) is 31.2 Å². The van der Waals surface area contributed by atoms with E-state index in [2.05, 4.69) is 72.4 Å². The van der Waals surface area contributed by atoms with Gasteiger partial charge in [0.05, 0.1) is 0 Å². The molecule has 0 spiro atoms. The Morgan fingerprint density at radius 1 is 1.05 bits per heavy atom. The summed E-state index contributed by atoms with van der Waals surface area (Å²) in [6, 6.07) is 12.6. The quantitative estimate of drug-likeness (QED) is 0.641. The molecule has 0 bridgehead atoms. The third-order valence-corrected chi connectivity index (χ3v) is 3.72. The molecule has 4 heteroatoms. The molecule has 3 nitrogen and oxygen atoms in total. The molecular formula is C17H23N3S. The van der Waals surface area contributed by atoms with E-state index in [0.717, 1.165) is 18.7 Å². The third kappa shape index (κ3) is 4.08. The van der Waals surface area contributed by atoms with Crippen LogP contribution in [0.2, 0.25) is 0 Å². The first-order valence-electron chi connectivity index (χ1n) is 7.42. The summed E-state index contributed by atoms with van der Waals surface area (Å²) < 4.78 is 2.24. The number of nitrogens with one attached hydrogen (secondary N) is 2. The molecule has 1 aromatic carbocycles. The summed E-state index contributed by atoms with van der Waals surface area (Å²) in [4.78, 5) is 0. The minimum Gasteiger partial charge on any atom is -0.362 e. The number of rotatable bonds is 5. The Hall–Kier alpha value is -1.81. The summed E-state index contributed by atoms with van der Waals surface area (Å²) in [6.07, 6.45) is 2.30. The third-order valence-electron chi connectivity index (χ3n) is 3.47. The van der Waals surface area contributed by atoms with Gasteiger partial charge in [-0.1, -0.05) is 13.3 Å². The minimum atomic E-state index is 0.685. The van der Waals surface area contributed by atoms with E-state index in [1.54, 1.807) is 0 Å². The summed E-state index contributed by atoms with van der Waals surface area (Å²) in [5, 5.41) is 7.11. The maximum Gasteiger partial charge on any atom is 0.170 e. The molecule has 21 heavy (non-hydrogen) atoms. The van der Waals surface area contributed by atoms with Crippen LogP contribution in [-0.4, -0.2) is 16.2 Å². The molecule has 0 aliphatic heterocycles. The molecule has 112 valence electrons. The highest BCUT2D eigenvalue weighted by molar-refractivity contribution is 7.80. The van der Waals surface area contributed by atoms with Crippen LogP contribution in [0, 0.1) is 13.8 Å². The first-order valence-corrected chi connectivity index (χ1v) is 7.83. The number of aromatic nitrogens is 1. The van der Waals surface area contributed by atoms with Crippen molar-refractivity contribution in [3.63, 3.8) is 0 Å². The maximum atomic E-state index is 5.28. The van der Waals surface area contributed by atoms with Crippen LogP contribution in [0.4, 0.5) is 5.69 Å². The predicted octanol–water partition coefficient (Wildman–Crippen LogP) is 4.18. The first kappa shape index (κ1) is 15.6. The lowest BCUT2D eigenvalue weighted by molar-refractivity contribution is 0.758. The van der Waals surface area contributed by atoms with Crippen molar-refractivity contribution in [2.45, 2.75) is 33.6 Å². The molecule has 2 rings (SSSR count). The monoisotopic (exact) mass is 301 g/mol. The van der Waals surface area contributed by atoms with Gasteiger partial charge in [-0.3, -0.25) is 0 Å². The fraction of sp³-hybridized carbons (Fsp3) is 0.353. The van der Waals surface area contributed by atoms with Crippen molar-refractivity contribution < 1.29 is 0 Å². The van der Waals surface area contributed by atoms with Crippen molar-refractivity contribution in [3.05, 3.63) is 47.8 Å². The number of hydrogen-bond acceptors (Lipinski definition) is 1. The van der Waals surface area contributed by atoms with E-state index in [1.807, 2.05) is 0 Å². The van der Waals surface area contributed by atoms with E-state index < -0.39 is 0 Å². The second-order valence-electron chi connectivity index (χ2n) is 5.23. The number of hydrogen-bond donors (Lipinski definition) is 2. The van der Waals surface area contributed by atoms with Crippen LogP contribution in [0.5, 0.6) is 0 Å². The van der Waals surface area contributed by atoms with E-state index in [1.165, 1.54) is 23.5 Å². The average molecular weight is 301 g/mol. The van der Waals surface area contributed by atoms with Gasteiger partial charge in [-0.25, -0.2) is 0 Å². The minimum absolute atomic E-state index is 0.685. The molecule has 0 saturated carbocycles. The second-order valence-corrected chi connectivity index (χ2v) is 5.64. The fourth-order valence-corrected chi connectivity index (χ4v) is 2.54. The van der Waals surface area contributed by atoms with Gasteiger partial charge in [-0.05, 0) is 68.9 Å². The molecule has 0 saturated heterocycles. The zero-order valence-electron chi connectivity index (χ0n) is 12.9. The number of anilines is 1. The van der Waals surface area contributed by atoms with Crippen molar-refractivity contribution in [2.24, 2.45) is 0 Å². The zero-order valence-corrected chi connectivity index (χ0v) is 13.8. The lowest BCUT2D eigenvalue weighted by atomic mass is 10.2. The topological polar surface area (TPSA) is 29.0 Å². The van der Waals surface area contributed by atoms with Crippen molar-refractivity contribution in [1.29, 1.82) is 0 Å². The average Bonchev–Trinajstić information content (AvgIpc) is 2.80. The fourth-order valence-electron chi connectivity index (χ4n) is 2.32. The van der Waals surface area contributed by atoms with Crippen LogP contribution < -0.4 is 10.6 Å². The molecule has 1 aromatic heterocycles. The first-order chi connectivity index (χ1) is 10.1. The van der Waals surface area contributed by atoms with Gasteiger partial charge < -0.3 is 15.2 Å². The van der Waals surface area contributed by atoms with Gasteiger partial charge in [0.2, 0.25) is 0 Å². The molecule has 2 N–H and O–H groups in total. The molecule has 2 aromatic rings. The van der Waals surface area contributed by atoms with E-state index >= 15 is 0 Å². The summed E-state index contributed by atoms with van der Waals surface area (Å²) in [6.45, 7) is 7.32. The number of benzene rings is 1. The molecule has 0 amide bonds. The highest BCUT2D eigenvalue weighted by Crippen LogP contribution is 2.18. The molecule has 0 fully saturated rings. The smallest absolute Gasteiger partial charge is 0.170 e. The maximum absolute atomic E-state index is 5.28. The van der Waals surface area contributed by atoms with Crippen molar-refractivity contribution in [3.8, 4) is 5.69 Å². The Labute approximate surface area is 132 Å². The predicted molar refractivity (Wildman–Crippen MR) is 94.4 cm³/mol. The Bertz CT molecular complexity index is 579. The van der Waals surface area contributed by atoms with Gasteiger partial charge in [0.25, 0.3) is 0 Å². The Kier molecular flexibility index (Phi) is 5.39. The summed E-state index contributed by atoms with van der Waals surface area (Å²) in [7, 11) is 0. The molecule has 0 aliphatic carbocycles. The Morgan fingerprint density at radius 2 is 1.67 bits per heavy atom. The number of thiocarbonyl (C=S) groups is 1. The SMILES string of the molecule is CCCCNC(=S)Nc1ccc(-n2c(C)ccc2C)cc1. The Balaban J connectivity index is 2.01. The largest absolute Gasteiger partial charge is 0.362 e. The van der Waals surface area contributed by atoms with Crippen LogP contribution >= 0.6 is 12.2 Å². The standard InChI is InChI=1S/C17H23N3S/c1-4-5-12-18-17(21)19-15-8-10-16(11-9-15)20-13(2)6-7-14(20)3/h6-11H,4-5,12H2,1-3H3,(H2,18,19,21). The number of unbranched alkanes of at least 4 members (excludes halogenated alkanes) is 1. The Morgan fingerprint density at radius 3 is 2.24 bits per heavy atom. The van der Waals surface area contributed by atoms with Gasteiger partial charge >= 0.3 is 0 Å². The van der Waals surface area contributed by atoms with E-state index in [9.17, 15) is 0 Å². The number of aryl methyl sites for hydroxylation is 2. The lowest BCUT2D eigenvalue weighted by Crippen LogP contribution is -2.29. The van der Waals surface area contributed by atoms with Crippen molar-refractivity contribution in [1.82, 2.24) is 9.88 Å². The van der Waals surface area contributed by atoms with Crippen LogP contribution in [-0.2, 0) is 0 Å². The van der Waals surface area contributed by atoms with Crippen LogP contribution in [0.15, 0.2) is 36.4 Å². The van der Waals surface area contributed by atoms with E-state index in [4.69, 9.17) is 12.2 Å². The summed E-state index contributed by atoms with van der Waals surface area (Å²) in [5.74, 6) is 0. The molecule has 0 radical (unpaired) electrons. The second kappa shape index (κ2) is 7.27. The summed E-state index contributed by atoms with van der Waals surface area (Å²) >= 11 is 5.28. The highest BCUT2D eigenvalue weighted by atomic mass is 32.1. The normalized spacial score (nSPS) is 10.4. The molecule has 0 aliphatic rings. The highest BCUT2D eigenvalue weighted by Gasteiger charge is 2.04. The number of nitrogens with zero attached hydrogens (tertiary/aromatic N) is 1. The van der Waals surface area contributed by atoms with Crippen LogP contribution in [0.25, 0.3) is 5.69 Å². The lowest BCUT2D eigenvalue weighted by Gasteiger charge is -2.12. The zero-order chi connectivity index (χ0) is 15.2. The van der Waals surface area contributed by atoms with Gasteiger partial charge in [0, 0.05) is 29.3 Å².